The van der Waals surface area contributed by atoms with Crippen molar-refractivity contribution < 1.29 is 14.3 Å². The first-order valence-electron chi connectivity index (χ1n) is 5.80. The van der Waals surface area contributed by atoms with E-state index in [4.69, 9.17) is 32.7 Å². The molecule has 0 spiro atoms. The molecule has 2 aromatic carbocycles. The first kappa shape index (κ1) is 13.1. The second-order valence-corrected chi connectivity index (χ2v) is 4.91. The molecule has 1 heterocycles. The molecule has 4 nitrogen and oxygen atoms in total. The van der Waals surface area contributed by atoms with Crippen LogP contribution in [0.5, 0.6) is 11.5 Å². The molecule has 0 fully saturated rings. The van der Waals surface area contributed by atoms with Gasteiger partial charge < -0.3 is 14.8 Å². The van der Waals surface area contributed by atoms with E-state index in [9.17, 15) is 4.79 Å². The number of halogens is 2. The van der Waals surface area contributed by atoms with Crippen LogP contribution in [0, 0.1) is 0 Å². The lowest BCUT2D eigenvalue weighted by molar-refractivity contribution is 0.102. The number of carbonyl (C=O) groups excluding carboxylic acids is 1. The topological polar surface area (TPSA) is 47.6 Å². The third kappa shape index (κ3) is 2.40. The Labute approximate surface area is 125 Å². The Balaban J connectivity index is 1.84. The van der Waals surface area contributed by atoms with Gasteiger partial charge in [-0.3, -0.25) is 4.79 Å². The molecule has 1 N–H and O–H groups in total. The minimum Gasteiger partial charge on any atom is -0.454 e. The van der Waals surface area contributed by atoms with Crippen LogP contribution in [-0.4, -0.2) is 12.7 Å². The Morgan fingerprint density at radius 1 is 1.10 bits per heavy atom. The number of nitrogens with one attached hydrogen (secondary N) is 1. The van der Waals surface area contributed by atoms with Crippen LogP contribution in [0.25, 0.3) is 0 Å². The van der Waals surface area contributed by atoms with Crippen molar-refractivity contribution >= 4 is 34.8 Å². The number of benzene rings is 2. The van der Waals surface area contributed by atoms with Gasteiger partial charge >= 0.3 is 0 Å². The van der Waals surface area contributed by atoms with E-state index in [1.54, 1.807) is 36.4 Å². The van der Waals surface area contributed by atoms with E-state index in [1.165, 1.54) is 0 Å². The van der Waals surface area contributed by atoms with Crippen molar-refractivity contribution in [2.45, 2.75) is 0 Å². The van der Waals surface area contributed by atoms with Crippen molar-refractivity contribution in [1.82, 2.24) is 0 Å². The summed E-state index contributed by atoms with van der Waals surface area (Å²) in [6, 6.07) is 10.0. The highest BCUT2D eigenvalue weighted by molar-refractivity contribution is 6.44. The standard InChI is InChI=1S/C14H9Cl2NO3/c15-9-2-1-3-10(13(9)16)17-14(18)8-4-5-11-12(6-8)20-7-19-11/h1-6H,7H2,(H,17,18). The van der Waals surface area contributed by atoms with Crippen molar-refractivity contribution in [3.8, 4) is 11.5 Å². The normalized spacial score (nSPS) is 12.3. The monoisotopic (exact) mass is 309 g/mol. The van der Waals surface area contributed by atoms with Gasteiger partial charge in [-0.15, -0.1) is 0 Å². The smallest absolute Gasteiger partial charge is 0.255 e. The molecule has 102 valence electrons. The summed E-state index contributed by atoms with van der Waals surface area (Å²) in [6.07, 6.45) is 0. The number of anilines is 1. The maximum atomic E-state index is 12.2. The van der Waals surface area contributed by atoms with E-state index >= 15 is 0 Å². The molecule has 0 radical (unpaired) electrons. The van der Waals surface area contributed by atoms with E-state index < -0.39 is 0 Å². The Morgan fingerprint density at radius 3 is 2.75 bits per heavy atom. The fourth-order valence-corrected chi connectivity index (χ4v) is 2.18. The molecule has 0 bridgehead atoms. The van der Waals surface area contributed by atoms with Crippen LogP contribution in [0.2, 0.25) is 10.0 Å². The molecule has 0 aromatic heterocycles. The van der Waals surface area contributed by atoms with Crippen LogP contribution in [-0.2, 0) is 0 Å². The van der Waals surface area contributed by atoms with Gasteiger partial charge in [0.1, 0.15) is 0 Å². The van der Waals surface area contributed by atoms with Gasteiger partial charge in [0.05, 0.1) is 15.7 Å². The molecular weight excluding hydrogens is 301 g/mol. The summed E-state index contributed by atoms with van der Waals surface area (Å²) in [5.41, 5.74) is 0.909. The maximum absolute atomic E-state index is 12.2. The fourth-order valence-electron chi connectivity index (χ4n) is 1.83. The van der Waals surface area contributed by atoms with E-state index in [-0.39, 0.29) is 12.7 Å². The molecule has 0 atom stereocenters. The number of amides is 1. The SMILES string of the molecule is O=C(Nc1cccc(Cl)c1Cl)c1ccc2c(c1)OCO2. The van der Waals surface area contributed by atoms with E-state index in [0.29, 0.717) is 32.8 Å². The molecule has 0 saturated carbocycles. The summed E-state index contributed by atoms with van der Waals surface area (Å²) >= 11 is 11.9. The summed E-state index contributed by atoms with van der Waals surface area (Å²) in [4.78, 5) is 12.2. The number of carbonyl (C=O) groups is 1. The molecule has 6 heteroatoms. The minimum atomic E-state index is -0.299. The van der Waals surface area contributed by atoms with Gasteiger partial charge in [0.2, 0.25) is 6.79 Å². The first-order chi connectivity index (χ1) is 9.65. The molecule has 0 aliphatic carbocycles. The predicted octanol–water partition coefficient (Wildman–Crippen LogP) is 3.97. The quantitative estimate of drug-likeness (QED) is 0.913. The molecule has 3 rings (SSSR count). The maximum Gasteiger partial charge on any atom is 0.255 e. The van der Waals surface area contributed by atoms with Crippen LogP contribution in [0.3, 0.4) is 0 Å². The van der Waals surface area contributed by atoms with E-state index in [0.717, 1.165) is 0 Å². The van der Waals surface area contributed by atoms with E-state index in [2.05, 4.69) is 5.32 Å². The highest BCUT2D eigenvalue weighted by Crippen LogP contribution is 2.33. The molecule has 1 amide bonds. The summed E-state index contributed by atoms with van der Waals surface area (Å²) in [6.45, 7) is 0.167. The van der Waals surface area contributed by atoms with Gasteiger partial charge in [-0.05, 0) is 30.3 Å². The number of rotatable bonds is 2. The zero-order valence-electron chi connectivity index (χ0n) is 10.2. The van der Waals surface area contributed by atoms with Gasteiger partial charge in [-0.2, -0.15) is 0 Å². The average molecular weight is 310 g/mol. The molecule has 1 aliphatic heterocycles. The second kappa shape index (κ2) is 5.23. The first-order valence-corrected chi connectivity index (χ1v) is 6.56. The highest BCUT2D eigenvalue weighted by atomic mass is 35.5. The van der Waals surface area contributed by atoms with Crippen molar-refractivity contribution in [2.24, 2.45) is 0 Å². The van der Waals surface area contributed by atoms with Crippen molar-refractivity contribution in [3.05, 3.63) is 52.0 Å². The lowest BCUT2D eigenvalue weighted by Crippen LogP contribution is -2.12. The van der Waals surface area contributed by atoms with Gasteiger partial charge in [-0.1, -0.05) is 29.3 Å². The fraction of sp³-hybridized carbons (Fsp3) is 0.0714. The Hall–Kier alpha value is -1.91. The van der Waals surface area contributed by atoms with Crippen LogP contribution < -0.4 is 14.8 Å². The zero-order chi connectivity index (χ0) is 14.1. The lowest BCUT2D eigenvalue weighted by atomic mass is 10.2. The second-order valence-electron chi connectivity index (χ2n) is 4.12. The van der Waals surface area contributed by atoms with Crippen molar-refractivity contribution in [3.63, 3.8) is 0 Å². The molecule has 20 heavy (non-hydrogen) atoms. The predicted molar refractivity (Wildman–Crippen MR) is 77.0 cm³/mol. The lowest BCUT2D eigenvalue weighted by Gasteiger charge is -2.08. The number of hydrogen-bond donors (Lipinski definition) is 1. The van der Waals surface area contributed by atoms with Crippen molar-refractivity contribution in [1.29, 1.82) is 0 Å². The molecule has 0 unspecified atom stereocenters. The molecule has 2 aromatic rings. The largest absolute Gasteiger partial charge is 0.454 e. The third-order valence-corrected chi connectivity index (χ3v) is 3.65. The van der Waals surface area contributed by atoms with Gasteiger partial charge in [0.15, 0.2) is 11.5 Å². The van der Waals surface area contributed by atoms with Crippen LogP contribution in [0.15, 0.2) is 36.4 Å². The van der Waals surface area contributed by atoms with Crippen LogP contribution >= 0.6 is 23.2 Å². The zero-order valence-corrected chi connectivity index (χ0v) is 11.7. The van der Waals surface area contributed by atoms with Gasteiger partial charge in [0.25, 0.3) is 5.91 Å². The van der Waals surface area contributed by atoms with Crippen LogP contribution in [0.4, 0.5) is 5.69 Å². The van der Waals surface area contributed by atoms with Gasteiger partial charge in [0, 0.05) is 5.56 Å². The molecular formula is C14H9Cl2NO3. The third-order valence-electron chi connectivity index (χ3n) is 2.83. The number of ether oxygens (including phenoxy) is 2. The van der Waals surface area contributed by atoms with Crippen LogP contribution in [0.1, 0.15) is 10.4 Å². The highest BCUT2D eigenvalue weighted by Gasteiger charge is 2.17. The van der Waals surface area contributed by atoms with E-state index in [1.807, 2.05) is 0 Å². The summed E-state index contributed by atoms with van der Waals surface area (Å²) in [5, 5.41) is 3.40. The van der Waals surface area contributed by atoms with Gasteiger partial charge in [-0.25, -0.2) is 0 Å². The summed E-state index contributed by atoms with van der Waals surface area (Å²) < 4.78 is 10.4. The Morgan fingerprint density at radius 2 is 1.90 bits per heavy atom. The summed E-state index contributed by atoms with van der Waals surface area (Å²) in [5.74, 6) is 0.879. The number of fused-ring (bicyclic) bond motifs is 1. The van der Waals surface area contributed by atoms with Crippen molar-refractivity contribution in [2.75, 3.05) is 12.1 Å². The average Bonchev–Trinajstić information content (AvgIpc) is 2.91. The molecule has 0 saturated heterocycles. The Bertz CT molecular complexity index is 688. The minimum absolute atomic E-state index is 0.167. The Kier molecular flexibility index (Phi) is 3.42. The number of hydrogen-bond acceptors (Lipinski definition) is 3. The summed E-state index contributed by atoms with van der Waals surface area (Å²) in [7, 11) is 0. The molecule has 1 aliphatic rings.